The molecule has 2 heteroatoms. The maximum atomic E-state index is 3.48. The number of hydrogen-bond donors (Lipinski definition) is 1. The molecule has 0 amide bonds. The van der Waals surface area contributed by atoms with E-state index in [1.807, 2.05) is 0 Å². The molecule has 0 spiro atoms. The van der Waals surface area contributed by atoms with Crippen molar-refractivity contribution >= 4 is 0 Å². The van der Waals surface area contributed by atoms with Gasteiger partial charge in [0.15, 0.2) is 0 Å². The molecule has 0 bridgehead atoms. The van der Waals surface area contributed by atoms with Crippen LogP contribution in [0.5, 0.6) is 0 Å². The lowest BCUT2D eigenvalue weighted by atomic mass is 10.3. The predicted molar refractivity (Wildman–Crippen MR) is 47.1 cm³/mol. The quantitative estimate of drug-likeness (QED) is 0.564. The monoisotopic (exact) mass is 151 g/mol. The Bertz CT molecular complexity index is 149. The average molecular weight is 151 g/mol. The number of nitrogens with zero attached hydrogens (tertiary/aromatic N) is 1. The summed E-state index contributed by atoms with van der Waals surface area (Å²) in [5.74, 6) is 5.64. The Balaban J connectivity index is 2.08. The van der Waals surface area contributed by atoms with Crippen molar-refractivity contribution in [1.82, 2.24) is 10.2 Å². The number of nitrogens with one attached hydrogen (secondary N) is 1. The van der Waals surface area contributed by atoms with Gasteiger partial charge in [-0.1, -0.05) is 0 Å². The molecule has 11 heavy (non-hydrogen) atoms. The van der Waals surface area contributed by atoms with E-state index >= 15 is 0 Å². The van der Waals surface area contributed by atoms with Crippen LogP contribution >= 0.6 is 0 Å². The Labute approximate surface area is 69.0 Å². The molecule has 0 unspecified atom stereocenters. The van der Waals surface area contributed by atoms with E-state index in [2.05, 4.69) is 29.0 Å². The zero-order valence-electron chi connectivity index (χ0n) is 6.90. The molecule has 0 aromatic carbocycles. The fourth-order valence-corrected chi connectivity index (χ4v) is 1.24. The van der Waals surface area contributed by atoms with Crippen molar-refractivity contribution in [2.75, 3.05) is 32.7 Å². The summed E-state index contributed by atoms with van der Waals surface area (Å²) in [6.07, 6.45) is 0.962. The van der Waals surface area contributed by atoms with E-state index in [9.17, 15) is 0 Å². The Hall–Kier alpha value is -0.520. The molecule has 0 aromatic rings. The lowest BCUT2D eigenvalue weighted by molar-refractivity contribution is 0.246. The van der Waals surface area contributed by atoms with Gasteiger partial charge in [-0.2, -0.15) is 0 Å². The van der Waals surface area contributed by atoms with E-state index in [0.717, 1.165) is 26.1 Å². The number of hydrogen-bond acceptors (Lipinski definition) is 2. The topological polar surface area (TPSA) is 15.3 Å². The molecule has 0 saturated carbocycles. The second-order valence-corrected chi connectivity index (χ2v) is 2.70. The van der Waals surface area contributed by atoms with Gasteiger partial charge in [0.05, 0.1) is 0 Å². The van der Waals surface area contributed by atoms with Gasteiger partial charge in [-0.05, 0) is 0 Å². The van der Waals surface area contributed by atoms with Crippen LogP contribution in [0.15, 0.2) is 0 Å². The van der Waals surface area contributed by atoms with Gasteiger partial charge in [0.2, 0.25) is 0 Å². The molecule has 1 radical (unpaired) electrons. The molecular weight excluding hydrogens is 136 g/mol. The van der Waals surface area contributed by atoms with Crippen molar-refractivity contribution in [3.8, 4) is 11.8 Å². The standard InChI is InChI=1S/C9H15N2/c1-2-3-4-7-11-8-5-10-6-9-11/h10H,1,4-9H2. The minimum Gasteiger partial charge on any atom is -0.314 e. The Morgan fingerprint density at radius 3 is 2.73 bits per heavy atom. The van der Waals surface area contributed by atoms with Crippen molar-refractivity contribution < 1.29 is 0 Å². The minimum atomic E-state index is 0.962. The van der Waals surface area contributed by atoms with Crippen LogP contribution in [0.25, 0.3) is 0 Å². The van der Waals surface area contributed by atoms with Crippen molar-refractivity contribution in [3.63, 3.8) is 0 Å². The van der Waals surface area contributed by atoms with Gasteiger partial charge in [0.25, 0.3) is 0 Å². The fourth-order valence-electron chi connectivity index (χ4n) is 1.24. The molecule has 1 aliphatic heterocycles. The number of rotatable bonds is 2. The van der Waals surface area contributed by atoms with Crippen LogP contribution in [0.4, 0.5) is 0 Å². The van der Waals surface area contributed by atoms with E-state index in [0.29, 0.717) is 0 Å². The highest BCUT2D eigenvalue weighted by Crippen LogP contribution is 1.92. The summed E-state index contributed by atoms with van der Waals surface area (Å²) < 4.78 is 0. The highest BCUT2D eigenvalue weighted by molar-refractivity contribution is 5.01. The summed E-state index contributed by atoms with van der Waals surface area (Å²) in [6, 6.07) is 0. The van der Waals surface area contributed by atoms with Crippen LogP contribution in [0.1, 0.15) is 6.42 Å². The predicted octanol–water partition coefficient (Wildman–Crippen LogP) is 0.119. The Morgan fingerprint density at radius 2 is 2.09 bits per heavy atom. The van der Waals surface area contributed by atoms with E-state index in [1.165, 1.54) is 13.1 Å². The van der Waals surface area contributed by atoms with Crippen LogP contribution in [0, 0.1) is 18.8 Å². The van der Waals surface area contributed by atoms with Crippen LogP contribution in [-0.4, -0.2) is 37.6 Å². The maximum Gasteiger partial charge on any atom is 0.0217 e. The molecule has 61 valence electrons. The van der Waals surface area contributed by atoms with Gasteiger partial charge >= 0.3 is 0 Å². The molecule has 1 heterocycles. The summed E-state index contributed by atoms with van der Waals surface area (Å²) in [7, 11) is 0. The zero-order valence-corrected chi connectivity index (χ0v) is 6.90. The lowest BCUT2D eigenvalue weighted by Gasteiger charge is -2.26. The van der Waals surface area contributed by atoms with Crippen LogP contribution < -0.4 is 5.32 Å². The summed E-state index contributed by atoms with van der Waals surface area (Å²) in [5.41, 5.74) is 0. The fraction of sp³-hybridized carbons (Fsp3) is 0.667. The van der Waals surface area contributed by atoms with E-state index in [-0.39, 0.29) is 0 Å². The molecule has 1 rings (SSSR count). The molecule has 2 nitrogen and oxygen atoms in total. The first kappa shape index (κ1) is 8.58. The third-order valence-corrected chi connectivity index (χ3v) is 1.89. The van der Waals surface area contributed by atoms with E-state index in [1.54, 1.807) is 0 Å². The maximum absolute atomic E-state index is 3.48. The van der Waals surface area contributed by atoms with Gasteiger partial charge in [-0.15, -0.1) is 11.8 Å². The minimum absolute atomic E-state index is 0.962. The first-order valence-corrected chi connectivity index (χ1v) is 4.11. The van der Waals surface area contributed by atoms with E-state index in [4.69, 9.17) is 0 Å². The molecule has 1 fully saturated rings. The van der Waals surface area contributed by atoms with Crippen LogP contribution in [0.2, 0.25) is 0 Å². The normalized spacial score (nSPS) is 19.0. The molecule has 0 aromatic heterocycles. The zero-order chi connectivity index (χ0) is 7.94. The molecule has 1 aliphatic rings. The molecule has 0 atom stereocenters. The first-order chi connectivity index (χ1) is 5.43. The van der Waals surface area contributed by atoms with Crippen LogP contribution in [0.3, 0.4) is 0 Å². The summed E-state index contributed by atoms with van der Waals surface area (Å²) in [6.45, 7) is 9.15. The number of piperazine rings is 1. The summed E-state index contributed by atoms with van der Waals surface area (Å²) >= 11 is 0. The molecule has 0 aliphatic carbocycles. The SMILES string of the molecule is [CH2]C#CCCN1CCNCC1. The molecule has 1 saturated heterocycles. The largest absolute Gasteiger partial charge is 0.314 e. The highest BCUT2D eigenvalue weighted by atomic mass is 15.2. The highest BCUT2D eigenvalue weighted by Gasteiger charge is 2.06. The second kappa shape index (κ2) is 5.17. The average Bonchev–Trinajstić information content (AvgIpc) is 2.07. The van der Waals surface area contributed by atoms with Crippen molar-refractivity contribution in [1.29, 1.82) is 0 Å². The third kappa shape index (κ3) is 3.41. The smallest absolute Gasteiger partial charge is 0.0217 e. The molecule has 1 N–H and O–H groups in total. The van der Waals surface area contributed by atoms with Gasteiger partial charge in [-0.25, -0.2) is 0 Å². The van der Waals surface area contributed by atoms with Crippen molar-refractivity contribution in [2.45, 2.75) is 6.42 Å². The summed E-state index contributed by atoms with van der Waals surface area (Å²) in [5, 5.41) is 3.32. The third-order valence-electron chi connectivity index (χ3n) is 1.89. The van der Waals surface area contributed by atoms with Gasteiger partial charge < -0.3 is 5.32 Å². The first-order valence-electron chi connectivity index (χ1n) is 4.11. The molecular formula is C9H15N2. The Morgan fingerprint density at radius 1 is 1.36 bits per heavy atom. The van der Waals surface area contributed by atoms with Gasteiger partial charge in [0, 0.05) is 46.1 Å². The van der Waals surface area contributed by atoms with Crippen molar-refractivity contribution in [2.24, 2.45) is 0 Å². The lowest BCUT2D eigenvalue weighted by Crippen LogP contribution is -2.43. The Kier molecular flexibility index (Phi) is 4.03. The second-order valence-electron chi connectivity index (χ2n) is 2.70. The summed E-state index contributed by atoms with van der Waals surface area (Å²) in [4.78, 5) is 2.43. The van der Waals surface area contributed by atoms with Crippen LogP contribution in [-0.2, 0) is 0 Å². The van der Waals surface area contributed by atoms with E-state index < -0.39 is 0 Å². The van der Waals surface area contributed by atoms with Gasteiger partial charge in [-0.3, -0.25) is 4.90 Å². The van der Waals surface area contributed by atoms with Crippen molar-refractivity contribution in [3.05, 3.63) is 6.92 Å². The van der Waals surface area contributed by atoms with Gasteiger partial charge in [0.1, 0.15) is 0 Å².